The zero-order chi connectivity index (χ0) is 26.1. The van der Waals surface area contributed by atoms with Crippen molar-refractivity contribution in [1.82, 2.24) is 9.78 Å². The second-order valence-corrected chi connectivity index (χ2v) is 16.2. The van der Waals surface area contributed by atoms with Crippen LogP contribution in [0.2, 0.25) is 28.2 Å². The van der Waals surface area contributed by atoms with Crippen molar-refractivity contribution in [3.8, 4) is 17.4 Å². The molecule has 0 aliphatic carbocycles. The Morgan fingerprint density at radius 3 is 2.12 bits per heavy atom. The normalized spacial score (nSPS) is 13.3. The van der Waals surface area contributed by atoms with Gasteiger partial charge in [0, 0.05) is 10.0 Å². The number of aromatic nitrogens is 2. The maximum atomic E-state index is 13.1. The Balaban J connectivity index is 2.50. The molecule has 0 aliphatic rings. The van der Waals surface area contributed by atoms with Gasteiger partial charge in [0.05, 0.1) is 13.2 Å². The van der Waals surface area contributed by atoms with Crippen LogP contribution in [0.4, 0.5) is 13.2 Å². The monoisotopic (exact) mass is 562 g/mol. The molecule has 14 heteroatoms. The van der Waals surface area contributed by atoms with Gasteiger partial charge >= 0.3 is 15.6 Å². The molecule has 2 aromatic rings. The van der Waals surface area contributed by atoms with E-state index in [1.807, 2.05) is 33.9 Å². The molecule has 0 atom stereocenters. The van der Waals surface area contributed by atoms with Gasteiger partial charge in [0.2, 0.25) is 5.75 Å². The van der Waals surface area contributed by atoms with E-state index in [9.17, 15) is 21.6 Å². The lowest BCUT2D eigenvalue weighted by Crippen LogP contribution is -2.41. The van der Waals surface area contributed by atoms with Crippen LogP contribution in [0, 0.1) is 0 Å². The maximum Gasteiger partial charge on any atom is 0.534 e. The SMILES string of the molecule is CCc1nn(CCO[Si](C)(C)C(C)(C)C)c(OS(=O)(=O)C(F)(F)F)c1Oc1cc(Cl)cc(Cl)c1. The number of benzene rings is 1. The number of aryl methyl sites for hydroxylation is 1. The second-order valence-electron chi connectivity index (χ2n) is 8.96. The molecule has 1 aromatic carbocycles. The van der Waals surface area contributed by atoms with Crippen LogP contribution >= 0.6 is 23.2 Å². The maximum absolute atomic E-state index is 13.1. The third-order valence-corrected chi connectivity index (χ3v) is 11.3. The highest BCUT2D eigenvalue weighted by Gasteiger charge is 2.50. The number of hydrogen-bond acceptors (Lipinski definition) is 6. The van der Waals surface area contributed by atoms with Gasteiger partial charge in [-0.2, -0.15) is 26.7 Å². The minimum absolute atomic E-state index is 0.0676. The van der Waals surface area contributed by atoms with Gasteiger partial charge in [-0.25, -0.2) is 4.68 Å². The van der Waals surface area contributed by atoms with Crippen molar-refractivity contribution in [3.63, 3.8) is 0 Å². The van der Waals surface area contributed by atoms with Crippen molar-refractivity contribution in [3.05, 3.63) is 33.9 Å². The van der Waals surface area contributed by atoms with Crippen molar-refractivity contribution in [2.45, 2.75) is 64.3 Å². The van der Waals surface area contributed by atoms with Gasteiger partial charge in [0.15, 0.2) is 8.32 Å². The molecule has 2 rings (SSSR count). The van der Waals surface area contributed by atoms with Crippen LogP contribution < -0.4 is 8.92 Å². The number of ether oxygens (including phenoxy) is 1. The summed E-state index contributed by atoms with van der Waals surface area (Å²) < 4.78 is 80.2. The molecule has 0 saturated carbocycles. The number of halogens is 5. The first kappa shape index (κ1) is 28.8. The lowest BCUT2D eigenvalue weighted by molar-refractivity contribution is -0.0503. The smallest absolute Gasteiger partial charge is 0.450 e. The van der Waals surface area contributed by atoms with Gasteiger partial charge in [-0.1, -0.05) is 50.9 Å². The van der Waals surface area contributed by atoms with Gasteiger partial charge in [0.25, 0.3) is 5.88 Å². The standard InChI is InChI=1S/C20H27Cl2F3N2O5SSi/c1-7-16-17(31-15-11-13(21)10-14(22)12-15)18(32-33(28,29)20(23,24)25)27(26-16)8-9-30-34(5,6)19(2,3)4/h10-12H,7-9H2,1-6H3. The summed E-state index contributed by atoms with van der Waals surface area (Å²) >= 11 is 12.0. The van der Waals surface area contributed by atoms with Crippen molar-refractivity contribution in [2.75, 3.05) is 6.61 Å². The third-order valence-electron chi connectivity index (χ3n) is 5.37. The molecule has 0 amide bonds. The van der Waals surface area contributed by atoms with Gasteiger partial charge in [-0.3, -0.25) is 0 Å². The van der Waals surface area contributed by atoms with Crippen LogP contribution in [-0.2, 0) is 27.5 Å². The predicted octanol–water partition coefficient (Wildman–Crippen LogP) is 6.79. The number of rotatable bonds is 9. The molecule has 0 radical (unpaired) electrons. The Bertz CT molecular complexity index is 1110. The van der Waals surface area contributed by atoms with E-state index < -0.39 is 29.8 Å². The first-order valence-corrected chi connectivity index (χ1v) is 15.3. The van der Waals surface area contributed by atoms with E-state index in [2.05, 4.69) is 9.28 Å². The van der Waals surface area contributed by atoms with Crippen LogP contribution in [0.3, 0.4) is 0 Å². The Labute approximate surface area is 208 Å². The third kappa shape index (κ3) is 6.81. The predicted molar refractivity (Wildman–Crippen MR) is 127 cm³/mol. The summed E-state index contributed by atoms with van der Waals surface area (Å²) in [7, 11) is -8.18. The number of alkyl halides is 3. The molecule has 0 saturated heterocycles. The summed E-state index contributed by atoms with van der Waals surface area (Å²) in [6.07, 6.45) is 0.210. The highest BCUT2D eigenvalue weighted by atomic mass is 35.5. The van der Waals surface area contributed by atoms with Gasteiger partial charge in [-0.05, 0) is 42.8 Å². The molecule has 0 fully saturated rings. The Morgan fingerprint density at radius 1 is 1.09 bits per heavy atom. The molecule has 0 spiro atoms. The Kier molecular flexibility index (Phi) is 8.67. The zero-order valence-electron chi connectivity index (χ0n) is 19.6. The molecule has 34 heavy (non-hydrogen) atoms. The quantitative estimate of drug-likeness (QED) is 0.190. The van der Waals surface area contributed by atoms with Crippen molar-refractivity contribution >= 4 is 41.6 Å². The zero-order valence-corrected chi connectivity index (χ0v) is 22.9. The molecule has 192 valence electrons. The molecule has 0 aliphatic heterocycles. The fourth-order valence-electron chi connectivity index (χ4n) is 2.50. The van der Waals surface area contributed by atoms with Crippen LogP contribution in [0.25, 0.3) is 0 Å². The molecule has 0 bridgehead atoms. The molecule has 1 heterocycles. The van der Waals surface area contributed by atoms with Crippen molar-refractivity contribution in [1.29, 1.82) is 0 Å². The van der Waals surface area contributed by atoms with Gasteiger partial charge in [0.1, 0.15) is 11.4 Å². The number of nitrogens with zero attached hydrogens (tertiary/aromatic N) is 2. The topological polar surface area (TPSA) is 79.7 Å². The van der Waals surface area contributed by atoms with Crippen LogP contribution in [0.15, 0.2) is 18.2 Å². The van der Waals surface area contributed by atoms with Crippen molar-refractivity contribution in [2.24, 2.45) is 0 Å². The van der Waals surface area contributed by atoms with Gasteiger partial charge in [-0.15, -0.1) is 0 Å². The summed E-state index contributed by atoms with van der Waals surface area (Å²) in [6.45, 7) is 11.8. The van der Waals surface area contributed by atoms with E-state index in [1.54, 1.807) is 6.92 Å². The van der Waals surface area contributed by atoms with E-state index in [1.165, 1.54) is 18.2 Å². The minimum Gasteiger partial charge on any atom is -0.450 e. The highest BCUT2D eigenvalue weighted by molar-refractivity contribution is 7.88. The average molecular weight is 563 g/mol. The Hall–Kier alpha value is -1.47. The lowest BCUT2D eigenvalue weighted by atomic mass is 10.2. The Morgan fingerprint density at radius 2 is 1.65 bits per heavy atom. The molecule has 1 aromatic heterocycles. The second kappa shape index (κ2) is 10.3. The minimum atomic E-state index is -6.00. The largest absolute Gasteiger partial charge is 0.534 e. The molecular weight excluding hydrogens is 536 g/mol. The molecule has 0 N–H and O–H groups in total. The summed E-state index contributed by atoms with van der Waals surface area (Å²) in [5.41, 5.74) is -5.47. The molecule has 0 unspecified atom stereocenters. The van der Waals surface area contributed by atoms with Crippen molar-refractivity contribution < 1.29 is 34.9 Å². The first-order valence-electron chi connectivity index (χ1n) is 10.3. The first-order chi connectivity index (χ1) is 15.4. The van der Waals surface area contributed by atoms with E-state index in [0.717, 1.165) is 4.68 Å². The van der Waals surface area contributed by atoms with Crippen LogP contribution in [0.5, 0.6) is 17.4 Å². The summed E-state index contributed by atoms with van der Waals surface area (Å²) in [4.78, 5) is 0. The van der Waals surface area contributed by atoms with E-state index in [0.29, 0.717) is 0 Å². The fourth-order valence-corrected chi connectivity index (χ4v) is 4.51. The van der Waals surface area contributed by atoms with Crippen LogP contribution in [-0.4, -0.2) is 38.6 Å². The molecule has 7 nitrogen and oxygen atoms in total. The van der Waals surface area contributed by atoms with Crippen LogP contribution in [0.1, 0.15) is 33.4 Å². The lowest BCUT2D eigenvalue weighted by Gasteiger charge is -2.36. The highest BCUT2D eigenvalue weighted by Crippen LogP contribution is 2.40. The fraction of sp³-hybridized carbons (Fsp3) is 0.550. The summed E-state index contributed by atoms with van der Waals surface area (Å²) in [5, 5.41) is 4.53. The average Bonchev–Trinajstić information content (AvgIpc) is 2.95. The van der Waals surface area contributed by atoms with E-state index in [4.69, 9.17) is 32.4 Å². The van der Waals surface area contributed by atoms with Gasteiger partial charge < -0.3 is 13.3 Å². The summed E-state index contributed by atoms with van der Waals surface area (Å²) in [6, 6.07) is 4.17. The number of hydrogen-bond donors (Lipinski definition) is 0. The summed E-state index contributed by atoms with van der Waals surface area (Å²) in [5.74, 6) is -0.941. The molecular formula is C20H27Cl2F3N2O5SSi. The van der Waals surface area contributed by atoms with E-state index in [-0.39, 0.29) is 51.8 Å². The van der Waals surface area contributed by atoms with E-state index >= 15 is 0 Å².